The SMILES string of the molecule is CC(C)N(Cc1cnc[nH]1)c1nccc(C(F)(F)F)n1. The molecule has 0 unspecified atom stereocenters. The Bertz CT molecular complexity index is 550. The van der Waals surface area contributed by atoms with Crippen LogP contribution in [0.2, 0.25) is 0 Å². The number of hydrogen-bond acceptors (Lipinski definition) is 4. The highest BCUT2D eigenvalue weighted by atomic mass is 19.4. The zero-order valence-corrected chi connectivity index (χ0v) is 11.0. The molecular weight excluding hydrogens is 271 g/mol. The van der Waals surface area contributed by atoms with Gasteiger partial charge in [0.1, 0.15) is 5.69 Å². The van der Waals surface area contributed by atoms with Crippen molar-refractivity contribution in [3.63, 3.8) is 0 Å². The number of nitrogens with zero attached hydrogens (tertiary/aromatic N) is 4. The van der Waals surface area contributed by atoms with Crippen molar-refractivity contribution in [2.75, 3.05) is 4.90 Å². The Kier molecular flexibility index (Phi) is 3.91. The molecule has 1 N–H and O–H groups in total. The number of halogens is 3. The Balaban J connectivity index is 2.30. The van der Waals surface area contributed by atoms with Crippen molar-refractivity contribution in [2.45, 2.75) is 32.6 Å². The van der Waals surface area contributed by atoms with Crippen LogP contribution in [0.25, 0.3) is 0 Å². The van der Waals surface area contributed by atoms with Gasteiger partial charge in [0, 0.05) is 18.4 Å². The molecule has 108 valence electrons. The molecule has 0 amide bonds. The van der Waals surface area contributed by atoms with Gasteiger partial charge >= 0.3 is 6.18 Å². The first-order valence-corrected chi connectivity index (χ1v) is 6.02. The second-order valence-electron chi connectivity index (χ2n) is 4.54. The Morgan fingerprint density at radius 1 is 1.35 bits per heavy atom. The van der Waals surface area contributed by atoms with Crippen molar-refractivity contribution < 1.29 is 13.2 Å². The van der Waals surface area contributed by atoms with Crippen LogP contribution in [0, 0.1) is 0 Å². The summed E-state index contributed by atoms with van der Waals surface area (Å²) < 4.78 is 38.1. The van der Waals surface area contributed by atoms with E-state index < -0.39 is 11.9 Å². The van der Waals surface area contributed by atoms with E-state index in [9.17, 15) is 13.2 Å². The van der Waals surface area contributed by atoms with Gasteiger partial charge in [-0.2, -0.15) is 13.2 Å². The molecule has 20 heavy (non-hydrogen) atoms. The summed E-state index contributed by atoms with van der Waals surface area (Å²) in [5.41, 5.74) is -0.169. The third-order valence-corrected chi connectivity index (χ3v) is 2.71. The molecule has 2 heterocycles. The highest BCUT2D eigenvalue weighted by Crippen LogP contribution is 2.28. The maximum atomic E-state index is 12.7. The van der Waals surface area contributed by atoms with Crippen LogP contribution in [0.15, 0.2) is 24.8 Å². The van der Waals surface area contributed by atoms with Gasteiger partial charge in [0.15, 0.2) is 0 Å². The predicted molar refractivity (Wildman–Crippen MR) is 66.9 cm³/mol. The zero-order valence-electron chi connectivity index (χ0n) is 11.0. The maximum absolute atomic E-state index is 12.7. The number of alkyl halides is 3. The molecule has 0 aliphatic heterocycles. The Morgan fingerprint density at radius 2 is 2.10 bits per heavy atom. The van der Waals surface area contributed by atoms with E-state index in [0.717, 1.165) is 18.0 Å². The Labute approximate surface area is 113 Å². The van der Waals surface area contributed by atoms with Gasteiger partial charge in [-0.1, -0.05) is 0 Å². The van der Waals surface area contributed by atoms with Crippen molar-refractivity contribution in [2.24, 2.45) is 0 Å². The fraction of sp³-hybridized carbons (Fsp3) is 0.417. The van der Waals surface area contributed by atoms with Gasteiger partial charge in [0.25, 0.3) is 0 Å². The molecule has 2 aromatic heterocycles. The molecule has 0 fully saturated rings. The van der Waals surface area contributed by atoms with Crippen LogP contribution in [-0.4, -0.2) is 26.0 Å². The summed E-state index contributed by atoms with van der Waals surface area (Å²) in [6.07, 6.45) is -0.231. The van der Waals surface area contributed by atoms with Crippen molar-refractivity contribution >= 4 is 5.95 Å². The molecule has 0 spiro atoms. The fourth-order valence-corrected chi connectivity index (χ4v) is 1.68. The molecule has 0 saturated carbocycles. The lowest BCUT2D eigenvalue weighted by Crippen LogP contribution is -2.32. The lowest BCUT2D eigenvalue weighted by molar-refractivity contribution is -0.141. The van der Waals surface area contributed by atoms with Gasteiger partial charge in [-0.05, 0) is 19.9 Å². The number of H-pyrrole nitrogens is 1. The molecule has 8 heteroatoms. The summed E-state index contributed by atoms with van der Waals surface area (Å²) in [5, 5.41) is 0. The standard InChI is InChI=1S/C12H14F3N5/c1-8(2)20(6-9-5-16-7-18-9)11-17-4-3-10(19-11)12(13,14)15/h3-5,7-8H,6H2,1-2H3,(H,16,18). The van der Waals surface area contributed by atoms with Crippen LogP contribution >= 0.6 is 0 Å². The summed E-state index contributed by atoms with van der Waals surface area (Å²) in [6.45, 7) is 4.08. The van der Waals surface area contributed by atoms with Gasteiger partial charge in [-0.25, -0.2) is 15.0 Å². The van der Waals surface area contributed by atoms with Gasteiger partial charge in [0.2, 0.25) is 5.95 Å². The smallest absolute Gasteiger partial charge is 0.347 e. The Morgan fingerprint density at radius 3 is 2.65 bits per heavy atom. The highest BCUT2D eigenvalue weighted by Gasteiger charge is 2.33. The molecule has 0 aliphatic carbocycles. The third kappa shape index (κ3) is 3.25. The number of aromatic amines is 1. The number of hydrogen-bond donors (Lipinski definition) is 1. The van der Waals surface area contributed by atoms with Gasteiger partial charge in [-0.3, -0.25) is 0 Å². The molecule has 0 bridgehead atoms. The van der Waals surface area contributed by atoms with Gasteiger partial charge < -0.3 is 9.88 Å². The molecule has 0 aliphatic rings. The van der Waals surface area contributed by atoms with E-state index in [4.69, 9.17) is 0 Å². The number of anilines is 1. The first kappa shape index (κ1) is 14.3. The second-order valence-corrected chi connectivity index (χ2v) is 4.54. The van der Waals surface area contributed by atoms with Crippen LogP contribution in [-0.2, 0) is 12.7 Å². The molecule has 5 nitrogen and oxygen atoms in total. The van der Waals surface area contributed by atoms with E-state index in [1.165, 1.54) is 6.33 Å². The van der Waals surface area contributed by atoms with Crippen molar-refractivity contribution in [3.8, 4) is 0 Å². The van der Waals surface area contributed by atoms with E-state index >= 15 is 0 Å². The van der Waals surface area contributed by atoms with E-state index in [-0.39, 0.29) is 12.0 Å². The van der Waals surface area contributed by atoms with Crippen LogP contribution in [0.5, 0.6) is 0 Å². The van der Waals surface area contributed by atoms with Crippen molar-refractivity contribution in [3.05, 3.63) is 36.2 Å². The number of rotatable bonds is 4. The topological polar surface area (TPSA) is 57.7 Å². The second kappa shape index (κ2) is 5.48. The van der Waals surface area contributed by atoms with E-state index in [1.807, 2.05) is 13.8 Å². The van der Waals surface area contributed by atoms with Gasteiger partial charge in [-0.15, -0.1) is 0 Å². The highest BCUT2D eigenvalue weighted by molar-refractivity contribution is 5.33. The average molecular weight is 285 g/mol. The van der Waals surface area contributed by atoms with Crippen LogP contribution in [0.1, 0.15) is 25.2 Å². The zero-order chi connectivity index (χ0) is 14.8. The maximum Gasteiger partial charge on any atom is 0.433 e. The summed E-state index contributed by atoms with van der Waals surface area (Å²) in [7, 11) is 0. The number of aromatic nitrogens is 4. The molecule has 0 radical (unpaired) electrons. The van der Waals surface area contributed by atoms with Crippen molar-refractivity contribution in [1.82, 2.24) is 19.9 Å². The quantitative estimate of drug-likeness (QED) is 0.938. The fourth-order valence-electron chi connectivity index (χ4n) is 1.68. The molecule has 0 atom stereocenters. The molecular formula is C12H14F3N5. The summed E-state index contributed by atoms with van der Waals surface area (Å²) in [4.78, 5) is 16.0. The average Bonchev–Trinajstić information content (AvgIpc) is 2.87. The lowest BCUT2D eigenvalue weighted by Gasteiger charge is -2.26. The Hall–Kier alpha value is -2.12. The predicted octanol–water partition coefficient (Wildman–Crippen LogP) is 2.63. The minimum absolute atomic E-state index is 0.0458. The largest absolute Gasteiger partial charge is 0.433 e. The van der Waals surface area contributed by atoms with E-state index in [0.29, 0.717) is 6.54 Å². The van der Waals surface area contributed by atoms with Crippen LogP contribution in [0.3, 0.4) is 0 Å². The first-order chi connectivity index (χ1) is 9.38. The molecule has 0 aromatic carbocycles. The lowest BCUT2D eigenvalue weighted by atomic mass is 10.3. The summed E-state index contributed by atoms with van der Waals surface area (Å²) >= 11 is 0. The van der Waals surface area contributed by atoms with Crippen molar-refractivity contribution in [1.29, 1.82) is 0 Å². The summed E-state index contributed by atoms with van der Waals surface area (Å²) in [5.74, 6) is 0.0458. The number of nitrogens with one attached hydrogen (secondary N) is 1. The summed E-state index contributed by atoms with van der Waals surface area (Å²) in [6, 6.07) is 0.805. The third-order valence-electron chi connectivity index (χ3n) is 2.71. The minimum atomic E-state index is -4.48. The van der Waals surface area contributed by atoms with Crippen LogP contribution in [0.4, 0.5) is 19.1 Å². The minimum Gasteiger partial charge on any atom is -0.347 e. The number of imidazole rings is 1. The van der Waals surface area contributed by atoms with Crippen LogP contribution < -0.4 is 4.90 Å². The normalized spacial score (nSPS) is 11.9. The van der Waals surface area contributed by atoms with E-state index in [2.05, 4.69) is 19.9 Å². The molecule has 0 saturated heterocycles. The molecule has 2 aromatic rings. The molecule has 2 rings (SSSR count). The van der Waals surface area contributed by atoms with Gasteiger partial charge in [0.05, 0.1) is 18.6 Å². The monoisotopic (exact) mass is 285 g/mol. The van der Waals surface area contributed by atoms with E-state index in [1.54, 1.807) is 11.1 Å². The first-order valence-electron chi connectivity index (χ1n) is 6.02.